The third-order valence-corrected chi connectivity index (χ3v) is 4.24. The molecule has 2 aliphatic heterocycles. The van der Waals surface area contributed by atoms with E-state index in [-0.39, 0.29) is 308 Å². The Morgan fingerprint density at radius 3 is 1.44 bits per heavy atom. The van der Waals surface area contributed by atoms with Crippen molar-refractivity contribution in [2.45, 2.75) is 82.0 Å². The van der Waals surface area contributed by atoms with Crippen LogP contribution in [-0.4, -0.2) is 110 Å². The molecule has 7 N–H and O–H groups in total. The number of hydrogen-bond donors (Lipinski definition) is 7. The maximum absolute atomic E-state index is 10.1. The van der Waals surface area contributed by atoms with Gasteiger partial charge in [-0.15, -0.1) is 0 Å². The number of hydrogen-bond acceptors (Lipinski definition) is 10. The van der Waals surface area contributed by atoms with Crippen molar-refractivity contribution in [1.82, 2.24) is 0 Å². The average Bonchev–Trinajstić information content (AvgIpc) is 2.63. The standard InChI is InChI=1S/C13H24O10.C2H6.7Ac/c1-4-7(16)10(19)12(6(3-15)21-4)23-13-11(20)9(18)8(17)5(2-14)22-13;1-2;;;;;;;/h4-20H,2-3H2,1H3;1-2H3;;;;;;;/t4-,5+,6+,7?,8?,9?,10?,11?,12?,13?;;;;;;;;/m0......../s1. The van der Waals surface area contributed by atoms with Crippen molar-refractivity contribution in [2.24, 2.45) is 0 Å². The molecule has 10 atom stereocenters. The SMILES string of the molecule is CC.C[C@@H]1O[C@H](CO)C(OC2O[C@H](CO)C(O)C(O)C2O)C(O)C1O.[Ac].[Ac].[Ac].[Ac].[Ac].[Ac].[Ac]. The van der Waals surface area contributed by atoms with E-state index in [1.54, 1.807) is 0 Å². The zero-order valence-corrected chi connectivity index (χ0v) is 51.8. The van der Waals surface area contributed by atoms with Gasteiger partial charge in [0, 0.05) is 308 Å². The smallest absolute Gasteiger partial charge is 0.187 e. The molecule has 2 fully saturated rings. The number of aliphatic hydroxyl groups excluding tert-OH is 7. The molecule has 171 valence electrons. The van der Waals surface area contributed by atoms with Crippen LogP contribution in [0.4, 0.5) is 0 Å². The minimum absolute atomic E-state index is 0. The van der Waals surface area contributed by atoms with E-state index in [2.05, 4.69) is 0 Å². The van der Waals surface area contributed by atoms with Gasteiger partial charge in [-0.25, -0.2) is 0 Å². The van der Waals surface area contributed by atoms with Crippen molar-refractivity contribution in [1.29, 1.82) is 0 Å². The van der Waals surface area contributed by atoms with Crippen LogP contribution >= 0.6 is 0 Å². The molecule has 0 aromatic carbocycles. The summed E-state index contributed by atoms with van der Waals surface area (Å²) >= 11 is 0. The molecule has 7 radical (unpaired) electrons. The quantitative estimate of drug-likeness (QED) is 0.152. The molecule has 0 aliphatic carbocycles. The molecular formula is C15H30Ac7O10. The molecule has 17 heteroatoms. The summed E-state index contributed by atoms with van der Waals surface area (Å²) < 4.78 is 15.9. The number of rotatable bonds is 4. The van der Waals surface area contributed by atoms with Gasteiger partial charge < -0.3 is 50.0 Å². The summed E-state index contributed by atoms with van der Waals surface area (Å²) in [4.78, 5) is 0. The summed E-state index contributed by atoms with van der Waals surface area (Å²) in [6, 6.07) is 0. The van der Waals surface area contributed by atoms with Gasteiger partial charge in [-0.2, -0.15) is 0 Å². The summed E-state index contributed by atoms with van der Waals surface area (Å²) in [6.45, 7) is 4.37. The molecule has 0 amide bonds. The molecule has 2 saturated heterocycles. The van der Waals surface area contributed by atoms with Crippen molar-refractivity contribution in [3.05, 3.63) is 0 Å². The fraction of sp³-hybridized carbons (Fsp3) is 1.00. The van der Waals surface area contributed by atoms with Crippen molar-refractivity contribution in [2.75, 3.05) is 13.2 Å². The summed E-state index contributed by atoms with van der Waals surface area (Å²) in [5.41, 5.74) is 0. The molecule has 2 heterocycles. The Kier molecular flexibility index (Phi) is 57.5. The minimum atomic E-state index is -1.66. The van der Waals surface area contributed by atoms with Crippen molar-refractivity contribution in [3.8, 4) is 0 Å². The second kappa shape index (κ2) is 32.1. The maximum Gasteiger partial charge on any atom is 0.187 e. The van der Waals surface area contributed by atoms with Crippen LogP contribution in [0.3, 0.4) is 0 Å². The Hall–Kier alpha value is 9.69. The van der Waals surface area contributed by atoms with Gasteiger partial charge >= 0.3 is 0 Å². The van der Waals surface area contributed by atoms with Crippen LogP contribution in [-0.2, 0) is 14.2 Å². The Bertz CT molecular complexity index is 404. The average molecular weight is 1960 g/mol. The van der Waals surface area contributed by atoms with E-state index in [9.17, 15) is 30.6 Å². The van der Waals surface area contributed by atoms with Crippen LogP contribution in [0, 0.1) is 308 Å². The number of aliphatic hydroxyl groups is 7. The summed E-state index contributed by atoms with van der Waals surface area (Å²) in [5.74, 6) is 0. The first kappa shape index (κ1) is 57.4. The van der Waals surface area contributed by atoms with E-state index < -0.39 is 74.4 Å². The predicted octanol–water partition coefficient (Wildman–Crippen LogP) is -3.30. The Morgan fingerprint density at radius 2 is 1.03 bits per heavy atom. The van der Waals surface area contributed by atoms with Crippen LogP contribution in [0.5, 0.6) is 0 Å². The van der Waals surface area contributed by atoms with Gasteiger partial charge in [0.05, 0.1) is 19.3 Å². The van der Waals surface area contributed by atoms with Crippen LogP contribution in [0.2, 0.25) is 0 Å². The zero-order valence-electron chi connectivity index (χ0n) is 18.6. The van der Waals surface area contributed by atoms with Gasteiger partial charge in [-0.1, -0.05) is 13.8 Å². The van der Waals surface area contributed by atoms with Crippen LogP contribution in [0.1, 0.15) is 20.8 Å². The molecular weight excluding hydrogens is 1930 g/mol. The molecule has 0 aromatic rings. The topological polar surface area (TPSA) is 169 Å². The minimum Gasteiger partial charge on any atom is -0.394 e. The van der Waals surface area contributed by atoms with Crippen molar-refractivity contribution < 1.29 is 358 Å². The van der Waals surface area contributed by atoms with Gasteiger partial charge in [-0.05, 0) is 6.92 Å². The predicted molar refractivity (Wildman–Crippen MR) is 83.4 cm³/mol. The van der Waals surface area contributed by atoms with Gasteiger partial charge in [-0.3, -0.25) is 0 Å². The summed E-state index contributed by atoms with van der Waals surface area (Å²) in [5, 5.41) is 67.8. The Balaban J connectivity index is -0.000000135. The van der Waals surface area contributed by atoms with Gasteiger partial charge in [0.25, 0.3) is 0 Å². The largest absolute Gasteiger partial charge is 0.394 e. The molecule has 10 nitrogen and oxygen atoms in total. The van der Waals surface area contributed by atoms with E-state index in [1.807, 2.05) is 13.8 Å². The van der Waals surface area contributed by atoms with Crippen molar-refractivity contribution >= 4 is 0 Å². The summed E-state index contributed by atoms with van der Waals surface area (Å²) in [6.07, 6.45) is -13.2. The first-order valence-electron chi connectivity index (χ1n) is 8.40. The van der Waals surface area contributed by atoms with Crippen LogP contribution < -0.4 is 0 Å². The van der Waals surface area contributed by atoms with E-state index >= 15 is 0 Å². The van der Waals surface area contributed by atoms with E-state index in [0.717, 1.165) is 0 Å². The van der Waals surface area contributed by atoms with Gasteiger partial charge in [0.1, 0.15) is 48.8 Å². The van der Waals surface area contributed by atoms with Crippen LogP contribution in [0.15, 0.2) is 0 Å². The molecule has 0 saturated carbocycles. The van der Waals surface area contributed by atoms with E-state index in [0.29, 0.717) is 0 Å². The van der Waals surface area contributed by atoms with Crippen molar-refractivity contribution in [3.63, 3.8) is 0 Å². The maximum atomic E-state index is 10.1. The molecule has 2 aliphatic rings. The zero-order chi connectivity index (χ0) is 19.3. The molecule has 0 aromatic heterocycles. The molecule has 0 spiro atoms. The molecule has 2 rings (SSSR count). The second-order valence-corrected chi connectivity index (χ2v) is 5.84. The molecule has 7 unspecified atom stereocenters. The first-order chi connectivity index (χ1) is 11.8. The first-order valence-corrected chi connectivity index (χ1v) is 8.40. The monoisotopic (exact) mass is 1960 g/mol. The fourth-order valence-corrected chi connectivity index (χ4v) is 2.78. The Morgan fingerprint density at radius 1 is 0.594 bits per heavy atom. The fourth-order valence-electron chi connectivity index (χ4n) is 2.78. The molecule has 0 bridgehead atoms. The van der Waals surface area contributed by atoms with E-state index in [1.165, 1.54) is 6.92 Å². The van der Waals surface area contributed by atoms with Crippen LogP contribution in [0.25, 0.3) is 0 Å². The molecule has 32 heavy (non-hydrogen) atoms. The normalized spacial score (nSPS) is 37.3. The number of ether oxygens (including phenoxy) is 3. The van der Waals surface area contributed by atoms with Gasteiger partial charge in [0.2, 0.25) is 0 Å². The third kappa shape index (κ3) is 17.9. The Labute approximate surface area is 440 Å². The summed E-state index contributed by atoms with van der Waals surface area (Å²) in [7, 11) is 0. The third-order valence-electron chi connectivity index (χ3n) is 4.24. The van der Waals surface area contributed by atoms with E-state index in [4.69, 9.17) is 19.3 Å². The second-order valence-electron chi connectivity index (χ2n) is 5.84. The van der Waals surface area contributed by atoms with Gasteiger partial charge in [0.15, 0.2) is 6.29 Å².